The summed E-state index contributed by atoms with van der Waals surface area (Å²) in [5, 5.41) is 17.1. The van der Waals surface area contributed by atoms with Gasteiger partial charge in [0.2, 0.25) is 5.91 Å². The predicted molar refractivity (Wildman–Crippen MR) is 120 cm³/mol. The maximum Gasteiger partial charge on any atom is 0.270 e. The number of aromatic nitrogens is 2. The Morgan fingerprint density at radius 1 is 1.03 bits per heavy atom. The van der Waals surface area contributed by atoms with Crippen molar-refractivity contribution < 1.29 is 14.7 Å². The van der Waals surface area contributed by atoms with E-state index in [1.807, 2.05) is 61.5 Å². The normalized spacial score (nSPS) is 13.1. The van der Waals surface area contributed by atoms with Gasteiger partial charge in [-0.1, -0.05) is 48.5 Å². The topological polar surface area (TPSA) is 107 Å². The van der Waals surface area contributed by atoms with Crippen LogP contribution in [0.5, 0.6) is 0 Å². The average molecular weight is 416 g/mol. The minimum absolute atomic E-state index is 0.242. The van der Waals surface area contributed by atoms with Gasteiger partial charge in [-0.2, -0.15) is 0 Å². The third-order valence-corrected chi connectivity index (χ3v) is 5.35. The molecule has 0 bridgehead atoms. The van der Waals surface area contributed by atoms with Crippen LogP contribution in [0.2, 0.25) is 0 Å². The molecule has 4 aromatic rings. The summed E-state index contributed by atoms with van der Waals surface area (Å²) in [6.07, 6.45) is 0. The number of pyridine rings is 1. The second-order valence-corrected chi connectivity index (χ2v) is 7.54. The van der Waals surface area contributed by atoms with Crippen molar-refractivity contribution in [1.29, 1.82) is 0 Å². The molecule has 2 amide bonds. The van der Waals surface area contributed by atoms with E-state index in [2.05, 4.69) is 20.6 Å². The summed E-state index contributed by atoms with van der Waals surface area (Å²) in [6.45, 7) is 3.20. The van der Waals surface area contributed by atoms with Crippen LogP contribution in [0.1, 0.15) is 34.7 Å². The molecule has 7 nitrogen and oxygen atoms in total. The molecule has 2 atom stereocenters. The van der Waals surface area contributed by atoms with Gasteiger partial charge in [0, 0.05) is 16.3 Å². The molecule has 0 radical (unpaired) electrons. The molecule has 0 saturated heterocycles. The van der Waals surface area contributed by atoms with Crippen molar-refractivity contribution in [1.82, 2.24) is 20.6 Å². The third-order valence-electron chi connectivity index (χ3n) is 5.35. The number of benzene rings is 2. The van der Waals surface area contributed by atoms with E-state index in [1.165, 1.54) is 0 Å². The van der Waals surface area contributed by atoms with Gasteiger partial charge in [-0.3, -0.25) is 9.59 Å². The zero-order chi connectivity index (χ0) is 22.0. The summed E-state index contributed by atoms with van der Waals surface area (Å²) in [5.74, 6) is -0.820. The fraction of sp³-hybridized carbons (Fsp3) is 0.208. The molecule has 0 aliphatic rings. The predicted octanol–water partition coefficient (Wildman–Crippen LogP) is 2.99. The number of aryl methyl sites for hydroxylation is 1. The number of amides is 2. The summed E-state index contributed by atoms with van der Waals surface area (Å²) in [6, 6.07) is 17.4. The molecule has 4 N–H and O–H groups in total. The first-order valence-corrected chi connectivity index (χ1v) is 10.1. The number of hydrogen-bond acceptors (Lipinski definition) is 4. The first-order valence-electron chi connectivity index (χ1n) is 10.1. The van der Waals surface area contributed by atoms with Gasteiger partial charge in [0.05, 0.1) is 23.9 Å². The Morgan fingerprint density at radius 2 is 1.74 bits per heavy atom. The first-order chi connectivity index (χ1) is 15.0. The number of nitrogens with one attached hydrogen (secondary N) is 3. The summed E-state index contributed by atoms with van der Waals surface area (Å²) >= 11 is 0. The number of hydrogen-bond donors (Lipinski definition) is 4. The number of carbonyl (C=O) groups is 2. The van der Waals surface area contributed by atoms with Crippen LogP contribution in [0.15, 0.2) is 60.7 Å². The number of fused-ring (bicyclic) bond motifs is 3. The SMILES string of the molecule is Cc1nc(C(=O)NC(C)C(=O)NC(CO)c2ccccc2)cc2c1[nH]c1ccccc12. The Morgan fingerprint density at radius 3 is 2.48 bits per heavy atom. The smallest absolute Gasteiger partial charge is 0.270 e. The lowest BCUT2D eigenvalue weighted by molar-refractivity contribution is -0.123. The second-order valence-electron chi connectivity index (χ2n) is 7.54. The zero-order valence-corrected chi connectivity index (χ0v) is 17.3. The van der Waals surface area contributed by atoms with Crippen molar-refractivity contribution in [2.45, 2.75) is 25.9 Å². The Balaban J connectivity index is 1.51. The van der Waals surface area contributed by atoms with E-state index in [0.717, 1.165) is 27.4 Å². The summed E-state index contributed by atoms with van der Waals surface area (Å²) in [4.78, 5) is 33.2. The van der Waals surface area contributed by atoms with Crippen LogP contribution < -0.4 is 10.6 Å². The Bertz CT molecular complexity index is 1250. The third kappa shape index (κ3) is 4.13. The molecule has 2 heterocycles. The number of aromatic amines is 1. The summed E-state index contributed by atoms with van der Waals surface area (Å²) in [7, 11) is 0. The van der Waals surface area contributed by atoms with Crippen LogP contribution in [-0.2, 0) is 4.79 Å². The van der Waals surface area contributed by atoms with E-state index in [0.29, 0.717) is 5.69 Å². The minimum Gasteiger partial charge on any atom is -0.394 e. The molecule has 7 heteroatoms. The first kappa shape index (κ1) is 20.6. The number of rotatable bonds is 6. The largest absolute Gasteiger partial charge is 0.394 e. The van der Waals surface area contributed by atoms with Gasteiger partial charge in [-0.15, -0.1) is 0 Å². The average Bonchev–Trinajstić information content (AvgIpc) is 3.17. The number of aliphatic hydroxyl groups excluding tert-OH is 1. The fourth-order valence-electron chi connectivity index (χ4n) is 3.67. The lowest BCUT2D eigenvalue weighted by Gasteiger charge is -2.20. The Hall–Kier alpha value is -3.71. The van der Waals surface area contributed by atoms with E-state index in [9.17, 15) is 14.7 Å². The van der Waals surface area contributed by atoms with Crippen LogP contribution in [-0.4, -0.2) is 39.5 Å². The van der Waals surface area contributed by atoms with Crippen molar-refractivity contribution in [2.75, 3.05) is 6.61 Å². The molecule has 0 aliphatic carbocycles. The molecule has 0 fully saturated rings. The molecular weight excluding hydrogens is 392 g/mol. The lowest BCUT2D eigenvalue weighted by atomic mass is 10.1. The van der Waals surface area contributed by atoms with Crippen molar-refractivity contribution >= 4 is 33.6 Å². The number of carbonyl (C=O) groups excluding carboxylic acids is 2. The Labute approximate surface area is 179 Å². The van der Waals surface area contributed by atoms with Crippen molar-refractivity contribution in [3.05, 3.63) is 77.6 Å². The number of H-pyrrole nitrogens is 1. The minimum atomic E-state index is -0.800. The van der Waals surface area contributed by atoms with E-state index in [-0.39, 0.29) is 18.2 Å². The van der Waals surface area contributed by atoms with Gasteiger partial charge in [0.15, 0.2) is 0 Å². The van der Waals surface area contributed by atoms with Gasteiger partial charge in [0.25, 0.3) is 5.91 Å². The van der Waals surface area contributed by atoms with Gasteiger partial charge >= 0.3 is 0 Å². The zero-order valence-electron chi connectivity index (χ0n) is 17.3. The lowest BCUT2D eigenvalue weighted by Crippen LogP contribution is -2.46. The molecule has 0 spiro atoms. The van der Waals surface area contributed by atoms with Crippen LogP contribution in [0.4, 0.5) is 0 Å². The van der Waals surface area contributed by atoms with Gasteiger partial charge in [-0.05, 0) is 31.5 Å². The number of aliphatic hydroxyl groups is 1. The van der Waals surface area contributed by atoms with Crippen molar-refractivity contribution in [3.8, 4) is 0 Å². The maximum absolute atomic E-state index is 12.8. The molecular formula is C24H24N4O3. The highest BCUT2D eigenvalue weighted by Gasteiger charge is 2.22. The molecule has 4 rings (SSSR count). The highest BCUT2D eigenvalue weighted by molar-refractivity contribution is 6.10. The van der Waals surface area contributed by atoms with E-state index >= 15 is 0 Å². The van der Waals surface area contributed by atoms with E-state index in [4.69, 9.17) is 0 Å². The van der Waals surface area contributed by atoms with Gasteiger partial charge in [-0.25, -0.2) is 4.98 Å². The number of nitrogens with zero attached hydrogens (tertiary/aromatic N) is 1. The molecule has 2 aromatic heterocycles. The molecule has 2 unspecified atom stereocenters. The fourth-order valence-corrected chi connectivity index (χ4v) is 3.67. The monoisotopic (exact) mass is 416 g/mol. The van der Waals surface area contributed by atoms with Crippen LogP contribution in [0, 0.1) is 6.92 Å². The second kappa shape index (κ2) is 8.57. The highest BCUT2D eigenvalue weighted by Crippen LogP contribution is 2.27. The Kier molecular flexibility index (Phi) is 5.68. The molecule has 0 saturated carbocycles. The molecule has 0 aliphatic heterocycles. The summed E-state index contributed by atoms with van der Waals surface area (Å²) in [5.41, 5.74) is 3.61. The quantitative estimate of drug-likeness (QED) is 0.388. The molecule has 158 valence electrons. The van der Waals surface area contributed by atoms with E-state index in [1.54, 1.807) is 13.0 Å². The summed E-state index contributed by atoms with van der Waals surface area (Å²) < 4.78 is 0. The van der Waals surface area contributed by atoms with Crippen LogP contribution >= 0.6 is 0 Å². The maximum atomic E-state index is 12.8. The number of para-hydroxylation sites is 1. The van der Waals surface area contributed by atoms with Crippen LogP contribution in [0.3, 0.4) is 0 Å². The van der Waals surface area contributed by atoms with Gasteiger partial charge in [0.1, 0.15) is 11.7 Å². The van der Waals surface area contributed by atoms with E-state index < -0.39 is 18.0 Å². The standard InChI is InChI=1S/C24H24N4O3/c1-14-22-18(17-10-6-7-11-19(17)27-22)12-20(25-14)24(31)26-15(2)23(30)28-21(13-29)16-8-4-3-5-9-16/h3-12,15,21,27,29H,13H2,1-2H3,(H,26,31)(H,28,30). The molecule has 31 heavy (non-hydrogen) atoms. The van der Waals surface area contributed by atoms with Crippen molar-refractivity contribution in [3.63, 3.8) is 0 Å². The van der Waals surface area contributed by atoms with Gasteiger partial charge < -0.3 is 20.7 Å². The van der Waals surface area contributed by atoms with Crippen molar-refractivity contribution in [2.24, 2.45) is 0 Å². The molecule has 2 aromatic carbocycles. The van der Waals surface area contributed by atoms with Crippen LogP contribution in [0.25, 0.3) is 21.8 Å². The highest BCUT2D eigenvalue weighted by atomic mass is 16.3.